The summed E-state index contributed by atoms with van der Waals surface area (Å²) in [5.74, 6) is -3.06. The predicted octanol–water partition coefficient (Wildman–Crippen LogP) is -1.79. The topological polar surface area (TPSA) is 127 Å². The Morgan fingerprint density at radius 3 is 1.60 bits per heavy atom. The Kier molecular flexibility index (Phi) is 8.02. The van der Waals surface area contributed by atoms with Crippen molar-refractivity contribution in [2.24, 2.45) is 11.5 Å². The van der Waals surface area contributed by atoms with Crippen molar-refractivity contribution in [2.45, 2.75) is 13.8 Å². The van der Waals surface area contributed by atoms with Gasteiger partial charge in [0.2, 0.25) is 17.7 Å². The average molecular weight is 284 g/mol. The van der Waals surface area contributed by atoms with Crippen molar-refractivity contribution in [3.8, 4) is 0 Å². The van der Waals surface area contributed by atoms with Crippen LogP contribution in [-0.2, 0) is 19.2 Å². The molecule has 0 spiro atoms. The smallest absolute Gasteiger partial charge is 0.260 e. The minimum atomic E-state index is -0.934. The molecule has 0 aromatic rings. The van der Waals surface area contributed by atoms with Crippen LogP contribution in [0.4, 0.5) is 0 Å². The zero-order valence-corrected chi connectivity index (χ0v) is 11.7. The van der Waals surface area contributed by atoms with Gasteiger partial charge in [-0.2, -0.15) is 0 Å². The highest BCUT2D eigenvalue weighted by atomic mass is 16.2. The summed E-state index contributed by atoms with van der Waals surface area (Å²) in [4.78, 5) is 48.1. The molecule has 0 aliphatic rings. The number of likely N-dealkylation sites (N-methyl/N-ethyl adjacent to an activating group) is 1. The van der Waals surface area contributed by atoms with E-state index in [1.54, 1.807) is 13.8 Å². The molecule has 0 saturated heterocycles. The van der Waals surface area contributed by atoms with Gasteiger partial charge in [0.25, 0.3) is 5.91 Å². The quantitative estimate of drug-likeness (QED) is 0.555. The van der Waals surface area contributed by atoms with Gasteiger partial charge in [-0.25, -0.2) is 4.90 Å². The molecule has 0 saturated carbocycles. The van der Waals surface area contributed by atoms with Crippen LogP contribution in [0.25, 0.3) is 0 Å². The van der Waals surface area contributed by atoms with Crippen LogP contribution in [0.2, 0.25) is 0 Å². The molecular weight excluding hydrogens is 264 g/mol. The molecule has 0 bridgehead atoms. The maximum atomic E-state index is 11.8. The van der Waals surface area contributed by atoms with Crippen molar-refractivity contribution in [1.82, 2.24) is 9.80 Å². The molecule has 0 heterocycles. The van der Waals surface area contributed by atoms with E-state index in [0.29, 0.717) is 18.0 Å². The zero-order chi connectivity index (χ0) is 15.7. The first-order chi connectivity index (χ1) is 9.42. The van der Waals surface area contributed by atoms with Gasteiger partial charge >= 0.3 is 0 Å². The second kappa shape index (κ2) is 8.94. The summed E-state index contributed by atoms with van der Waals surface area (Å²) in [7, 11) is 0. The van der Waals surface area contributed by atoms with Gasteiger partial charge in [0.05, 0.1) is 13.1 Å². The van der Waals surface area contributed by atoms with Crippen LogP contribution < -0.4 is 11.5 Å². The summed E-state index contributed by atoms with van der Waals surface area (Å²) in [6.07, 6.45) is 1.87. The average Bonchev–Trinajstić information content (AvgIpc) is 2.45. The first-order valence-electron chi connectivity index (χ1n) is 6.19. The summed E-state index contributed by atoms with van der Waals surface area (Å²) in [6.45, 7) is 3.55. The Morgan fingerprint density at radius 2 is 1.25 bits per heavy atom. The van der Waals surface area contributed by atoms with E-state index in [4.69, 9.17) is 11.5 Å². The van der Waals surface area contributed by atoms with E-state index < -0.39 is 30.8 Å². The third kappa shape index (κ3) is 4.90. The second-order valence-electron chi connectivity index (χ2n) is 3.71. The van der Waals surface area contributed by atoms with Crippen LogP contribution in [0.5, 0.6) is 0 Å². The minimum Gasteiger partial charge on any atom is -0.340 e. The van der Waals surface area contributed by atoms with Crippen molar-refractivity contribution >= 4 is 23.6 Å². The number of imide groups is 3. The molecule has 0 rings (SSSR count). The predicted molar refractivity (Wildman–Crippen MR) is 72.0 cm³/mol. The third-order valence-electron chi connectivity index (χ3n) is 2.51. The highest BCUT2D eigenvalue weighted by molar-refractivity contribution is 6.15. The van der Waals surface area contributed by atoms with Crippen molar-refractivity contribution in [3.05, 3.63) is 12.2 Å². The van der Waals surface area contributed by atoms with Gasteiger partial charge in [-0.15, -0.1) is 0 Å². The highest BCUT2D eigenvalue weighted by Gasteiger charge is 2.24. The second-order valence-corrected chi connectivity index (χ2v) is 3.71. The van der Waals surface area contributed by atoms with E-state index in [9.17, 15) is 19.2 Å². The number of nitrogens with two attached hydrogens (primary N) is 2. The van der Waals surface area contributed by atoms with Gasteiger partial charge in [0, 0.05) is 25.2 Å². The van der Waals surface area contributed by atoms with Crippen LogP contribution in [0.15, 0.2) is 12.2 Å². The van der Waals surface area contributed by atoms with E-state index in [1.807, 2.05) is 0 Å². The van der Waals surface area contributed by atoms with Crippen LogP contribution in [0.3, 0.4) is 0 Å². The lowest BCUT2D eigenvalue weighted by atomic mass is 10.3. The number of rotatable bonds is 6. The largest absolute Gasteiger partial charge is 0.340 e. The summed E-state index contributed by atoms with van der Waals surface area (Å²) in [5, 5.41) is 0. The molecule has 0 aliphatic heterocycles. The number of carbonyl (C=O) groups excluding carboxylic acids is 4. The third-order valence-corrected chi connectivity index (χ3v) is 2.51. The number of hydrogen-bond acceptors (Lipinski definition) is 6. The van der Waals surface area contributed by atoms with Crippen molar-refractivity contribution < 1.29 is 19.2 Å². The Hall–Kier alpha value is -2.06. The van der Waals surface area contributed by atoms with Gasteiger partial charge in [-0.05, 0) is 13.8 Å². The van der Waals surface area contributed by atoms with E-state index >= 15 is 0 Å². The van der Waals surface area contributed by atoms with E-state index in [0.717, 1.165) is 12.2 Å². The molecule has 0 fully saturated rings. The molecular formula is C12H20N4O4. The molecule has 4 N–H and O–H groups in total. The molecule has 0 radical (unpaired) electrons. The van der Waals surface area contributed by atoms with E-state index in [-0.39, 0.29) is 5.91 Å². The van der Waals surface area contributed by atoms with Crippen molar-refractivity contribution in [3.63, 3.8) is 0 Å². The maximum absolute atomic E-state index is 11.8. The first-order valence-corrected chi connectivity index (χ1v) is 6.19. The Morgan fingerprint density at radius 1 is 0.850 bits per heavy atom. The number of nitrogens with zero attached hydrogens (tertiary/aromatic N) is 2. The minimum absolute atomic E-state index is 0.339. The lowest BCUT2D eigenvalue weighted by Gasteiger charge is -2.17. The van der Waals surface area contributed by atoms with Crippen LogP contribution in [-0.4, -0.2) is 59.6 Å². The van der Waals surface area contributed by atoms with Crippen molar-refractivity contribution in [1.29, 1.82) is 0 Å². The molecule has 8 heteroatoms. The van der Waals surface area contributed by atoms with E-state index in [2.05, 4.69) is 0 Å². The Bertz CT molecular complexity index is 400. The highest BCUT2D eigenvalue weighted by Crippen LogP contribution is 1.96. The monoisotopic (exact) mass is 284 g/mol. The molecule has 20 heavy (non-hydrogen) atoms. The maximum Gasteiger partial charge on any atom is 0.260 e. The fourth-order valence-corrected chi connectivity index (χ4v) is 1.43. The zero-order valence-electron chi connectivity index (χ0n) is 11.7. The molecule has 112 valence electrons. The molecule has 8 nitrogen and oxygen atoms in total. The fraction of sp³-hybridized carbons (Fsp3) is 0.500. The standard InChI is InChI=1S/C12H20N4O4/c1-3-15(4-2)9(17)5-6-10(18)16(11(19)7-13)12(20)8-14/h5-6H,3-4,7-8,13-14H2,1-2H3/b6-5+. The molecule has 0 aromatic carbocycles. The lowest BCUT2D eigenvalue weighted by Crippen LogP contribution is -2.46. The summed E-state index contributed by atoms with van der Waals surface area (Å²) in [6, 6.07) is 0. The Labute approximate surface area is 117 Å². The van der Waals surface area contributed by atoms with Gasteiger partial charge in [-0.3, -0.25) is 19.2 Å². The van der Waals surface area contributed by atoms with Gasteiger partial charge in [-0.1, -0.05) is 0 Å². The van der Waals surface area contributed by atoms with Gasteiger partial charge in [0.1, 0.15) is 0 Å². The fourth-order valence-electron chi connectivity index (χ4n) is 1.43. The number of carbonyl (C=O) groups is 4. The first kappa shape index (κ1) is 17.9. The van der Waals surface area contributed by atoms with Crippen LogP contribution in [0.1, 0.15) is 13.8 Å². The molecule has 0 unspecified atom stereocenters. The summed E-state index contributed by atoms with van der Waals surface area (Å²) in [5.41, 5.74) is 10.2. The SMILES string of the molecule is CCN(CC)C(=O)/C=C/C(=O)N(C(=O)CN)C(=O)CN. The molecule has 0 atom stereocenters. The summed E-state index contributed by atoms with van der Waals surface area (Å²) >= 11 is 0. The lowest BCUT2D eigenvalue weighted by molar-refractivity contribution is -0.150. The molecule has 0 aliphatic carbocycles. The number of amides is 4. The Balaban J connectivity index is 4.98. The van der Waals surface area contributed by atoms with E-state index in [1.165, 1.54) is 4.90 Å². The molecule has 4 amide bonds. The van der Waals surface area contributed by atoms with Crippen LogP contribution >= 0.6 is 0 Å². The van der Waals surface area contributed by atoms with Crippen LogP contribution in [0, 0.1) is 0 Å². The van der Waals surface area contributed by atoms with Gasteiger partial charge < -0.3 is 16.4 Å². The van der Waals surface area contributed by atoms with Crippen molar-refractivity contribution in [2.75, 3.05) is 26.2 Å². The molecule has 0 aromatic heterocycles. The summed E-state index contributed by atoms with van der Waals surface area (Å²) < 4.78 is 0. The number of hydrogen-bond donors (Lipinski definition) is 2. The van der Waals surface area contributed by atoms with Gasteiger partial charge in [0.15, 0.2) is 0 Å². The normalized spacial score (nSPS) is 10.4.